The quantitative estimate of drug-likeness (QED) is 0.875. The number of hydrogen-bond donors (Lipinski definition) is 1. The van der Waals surface area contributed by atoms with Crippen LogP contribution in [0.5, 0.6) is 0 Å². The van der Waals surface area contributed by atoms with Crippen LogP contribution in [0.2, 0.25) is 0 Å². The molecule has 0 bridgehead atoms. The summed E-state index contributed by atoms with van der Waals surface area (Å²) >= 11 is 3.64. The Morgan fingerprint density at radius 2 is 2.05 bits per heavy atom. The van der Waals surface area contributed by atoms with Crippen LogP contribution in [-0.2, 0) is 6.42 Å². The van der Waals surface area contributed by atoms with E-state index in [0.717, 1.165) is 16.6 Å². The topological polar surface area (TPSA) is 29.9 Å². The van der Waals surface area contributed by atoms with Gasteiger partial charge in [0.2, 0.25) is 0 Å². The number of likely N-dealkylation sites (N-methyl/N-ethyl adjacent to an activating group) is 1. The zero-order chi connectivity index (χ0) is 14.7. The van der Waals surface area contributed by atoms with Gasteiger partial charge in [0.05, 0.1) is 11.7 Å². The molecule has 0 aliphatic heterocycles. The van der Waals surface area contributed by atoms with Crippen LogP contribution in [-0.4, -0.2) is 16.8 Å². The molecule has 2 aromatic rings. The van der Waals surface area contributed by atoms with Gasteiger partial charge in [0.1, 0.15) is 0 Å². The summed E-state index contributed by atoms with van der Waals surface area (Å²) in [4.78, 5) is 0. The minimum Gasteiger partial charge on any atom is -0.313 e. The van der Waals surface area contributed by atoms with E-state index in [0.29, 0.717) is 6.04 Å². The Morgan fingerprint density at radius 3 is 2.76 bits per heavy atom. The molecule has 0 radical (unpaired) electrons. The third-order valence-electron chi connectivity index (χ3n) is 4.40. The lowest BCUT2D eigenvalue weighted by atomic mass is 10.0. The second-order valence-corrected chi connectivity index (χ2v) is 6.65. The Bertz CT molecular complexity index is 587. The van der Waals surface area contributed by atoms with Crippen molar-refractivity contribution >= 4 is 15.9 Å². The van der Waals surface area contributed by atoms with E-state index in [9.17, 15) is 0 Å². The molecule has 3 nitrogen and oxygen atoms in total. The molecule has 0 saturated heterocycles. The van der Waals surface area contributed by atoms with Gasteiger partial charge in [-0.25, -0.2) is 0 Å². The molecule has 21 heavy (non-hydrogen) atoms. The maximum absolute atomic E-state index is 4.80. The number of nitrogens with zero attached hydrogens (tertiary/aromatic N) is 2. The van der Waals surface area contributed by atoms with Crippen molar-refractivity contribution in [1.82, 2.24) is 15.1 Å². The molecule has 1 saturated carbocycles. The van der Waals surface area contributed by atoms with Gasteiger partial charge in [0.15, 0.2) is 0 Å². The zero-order valence-corrected chi connectivity index (χ0v) is 14.0. The minimum atomic E-state index is 0.285. The van der Waals surface area contributed by atoms with E-state index in [1.165, 1.54) is 31.2 Å². The fourth-order valence-electron chi connectivity index (χ4n) is 3.19. The fourth-order valence-corrected chi connectivity index (χ4v) is 3.75. The molecule has 112 valence electrons. The van der Waals surface area contributed by atoms with Crippen LogP contribution in [0.25, 0.3) is 0 Å². The highest BCUT2D eigenvalue weighted by Gasteiger charge is 2.19. The first-order chi connectivity index (χ1) is 10.3. The molecule has 1 heterocycles. The van der Waals surface area contributed by atoms with Crippen molar-refractivity contribution in [2.45, 2.75) is 44.2 Å². The molecule has 0 spiro atoms. The van der Waals surface area contributed by atoms with E-state index < -0.39 is 0 Å². The predicted molar refractivity (Wildman–Crippen MR) is 89.4 cm³/mol. The average Bonchev–Trinajstić information content (AvgIpc) is 3.16. The molecule has 1 unspecified atom stereocenters. The van der Waals surface area contributed by atoms with Gasteiger partial charge in [-0.2, -0.15) is 5.10 Å². The molecule has 1 atom stereocenters. The maximum atomic E-state index is 4.80. The van der Waals surface area contributed by atoms with Crippen molar-refractivity contribution in [1.29, 1.82) is 0 Å². The van der Waals surface area contributed by atoms with Gasteiger partial charge in [-0.15, -0.1) is 0 Å². The van der Waals surface area contributed by atoms with Crippen LogP contribution in [0.15, 0.2) is 41.0 Å². The van der Waals surface area contributed by atoms with Crippen LogP contribution in [0.3, 0.4) is 0 Å². The van der Waals surface area contributed by atoms with Crippen molar-refractivity contribution in [3.8, 4) is 0 Å². The van der Waals surface area contributed by atoms with Crippen LogP contribution in [0.4, 0.5) is 0 Å². The first kappa shape index (κ1) is 14.8. The van der Waals surface area contributed by atoms with E-state index in [-0.39, 0.29) is 6.04 Å². The Labute approximate surface area is 134 Å². The molecule has 3 rings (SSSR count). The zero-order valence-electron chi connectivity index (χ0n) is 12.4. The second kappa shape index (κ2) is 6.75. The summed E-state index contributed by atoms with van der Waals surface area (Å²) in [6.45, 7) is 0. The summed E-state index contributed by atoms with van der Waals surface area (Å²) in [5.74, 6) is 0. The van der Waals surface area contributed by atoms with E-state index >= 15 is 0 Å². The smallest absolute Gasteiger partial charge is 0.0643 e. The highest BCUT2D eigenvalue weighted by Crippen LogP contribution is 2.29. The van der Waals surface area contributed by atoms with Gasteiger partial charge in [0.25, 0.3) is 0 Å². The fraction of sp³-hybridized carbons (Fsp3) is 0.471. The van der Waals surface area contributed by atoms with Crippen LogP contribution < -0.4 is 5.32 Å². The summed E-state index contributed by atoms with van der Waals surface area (Å²) < 4.78 is 3.33. The lowest BCUT2D eigenvalue weighted by Crippen LogP contribution is -2.19. The molecular formula is C17H22BrN3. The van der Waals surface area contributed by atoms with E-state index in [1.54, 1.807) is 0 Å². The number of nitrogens with one attached hydrogen (secondary N) is 1. The third kappa shape index (κ3) is 3.38. The molecular weight excluding hydrogens is 326 g/mol. The van der Waals surface area contributed by atoms with Gasteiger partial charge in [-0.3, -0.25) is 4.68 Å². The van der Waals surface area contributed by atoms with Gasteiger partial charge in [-0.05, 0) is 37.6 Å². The first-order valence-corrected chi connectivity index (χ1v) is 8.53. The molecule has 4 heteroatoms. The van der Waals surface area contributed by atoms with Crippen molar-refractivity contribution in [2.75, 3.05) is 7.05 Å². The van der Waals surface area contributed by atoms with Crippen molar-refractivity contribution in [3.63, 3.8) is 0 Å². The number of hydrogen-bond acceptors (Lipinski definition) is 2. The summed E-state index contributed by atoms with van der Waals surface area (Å²) in [7, 11) is 2.01. The Morgan fingerprint density at radius 1 is 1.29 bits per heavy atom. The molecule has 1 aliphatic carbocycles. The normalized spacial score (nSPS) is 17.2. The third-order valence-corrected chi connectivity index (χ3v) is 5.13. The van der Waals surface area contributed by atoms with Crippen LogP contribution in [0.1, 0.15) is 49.0 Å². The molecule has 1 aromatic heterocycles. The van der Waals surface area contributed by atoms with E-state index in [4.69, 9.17) is 5.10 Å². The Balaban J connectivity index is 1.74. The van der Waals surface area contributed by atoms with Gasteiger partial charge < -0.3 is 5.32 Å². The Hall–Kier alpha value is -1.13. The lowest BCUT2D eigenvalue weighted by Gasteiger charge is -2.17. The molecule has 1 aromatic carbocycles. The number of rotatable bonds is 5. The minimum absolute atomic E-state index is 0.285. The highest BCUT2D eigenvalue weighted by molar-refractivity contribution is 9.10. The number of halogens is 1. The van der Waals surface area contributed by atoms with Crippen LogP contribution >= 0.6 is 15.9 Å². The largest absolute Gasteiger partial charge is 0.313 e. The lowest BCUT2D eigenvalue weighted by molar-refractivity contribution is 0.459. The Kier molecular flexibility index (Phi) is 4.76. The number of aromatic nitrogens is 2. The molecule has 1 aliphatic rings. The maximum Gasteiger partial charge on any atom is 0.0643 e. The van der Waals surface area contributed by atoms with Gasteiger partial charge in [0, 0.05) is 23.1 Å². The summed E-state index contributed by atoms with van der Waals surface area (Å²) in [5.41, 5.74) is 2.45. The highest BCUT2D eigenvalue weighted by atomic mass is 79.9. The van der Waals surface area contributed by atoms with Crippen molar-refractivity contribution in [2.24, 2.45) is 0 Å². The molecule has 1 N–H and O–H groups in total. The van der Waals surface area contributed by atoms with Crippen molar-refractivity contribution < 1.29 is 0 Å². The summed E-state index contributed by atoms with van der Waals surface area (Å²) in [6, 6.07) is 11.5. The van der Waals surface area contributed by atoms with Gasteiger partial charge >= 0.3 is 0 Å². The monoisotopic (exact) mass is 347 g/mol. The average molecular weight is 348 g/mol. The van der Waals surface area contributed by atoms with Crippen LogP contribution in [0, 0.1) is 0 Å². The second-order valence-electron chi connectivity index (χ2n) is 5.79. The van der Waals surface area contributed by atoms with E-state index in [1.807, 2.05) is 7.05 Å². The van der Waals surface area contributed by atoms with E-state index in [2.05, 4.69) is 62.5 Å². The first-order valence-electron chi connectivity index (χ1n) is 7.73. The number of benzene rings is 1. The predicted octanol–water partition coefficient (Wildman–Crippen LogP) is 4.26. The summed E-state index contributed by atoms with van der Waals surface area (Å²) in [5, 5.41) is 8.20. The SMILES string of the molecule is CNC(Cc1ccn(C2CCCC2)n1)c1ccccc1Br. The van der Waals surface area contributed by atoms with Crippen molar-refractivity contribution in [3.05, 3.63) is 52.3 Å². The molecule has 0 amide bonds. The standard InChI is InChI=1S/C17H22BrN3/c1-19-17(15-8-4-5-9-16(15)18)12-13-10-11-21(20-13)14-6-2-3-7-14/h4-5,8-11,14,17,19H,2-3,6-7,12H2,1H3. The summed E-state index contributed by atoms with van der Waals surface area (Å²) in [6.07, 6.45) is 8.31. The van der Waals surface area contributed by atoms with Gasteiger partial charge in [-0.1, -0.05) is 47.0 Å². The molecule has 1 fully saturated rings.